The van der Waals surface area contributed by atoms with Crippen molar-refractivity contribution in [2.45, 2.75) is 20.0 Å². The lowest BCUT2D eigenvalue weighted by Gasteiger charge is -2.27. The van der Waals surface area contributed by atoms with Crippen molar-refractivity contribution < 1.29 is 14.3 Å². The van der Waals surface area contributed by atoms with E-state index in [4.69, 9.17) is 4.74 Å². The Morgan fingerprint density at radius 1 is 1.32 bits per heavy atom. The normalized spacial score (nSPS) is 13.4. The molecule has 1 aliphatic heterocycles. The van der Waals surface area contributed by atoms with Gasteiger partial charge in [0.05, 0.1) is 25.4 Å². The van der Waals surface area contributed by atoms with Gasteiger partial charge in [0.1, 0.15) is 0 Å². The lowest BCUT2D eigenvalue weighted by atomic mass is 10.2. The van der Waals surface area contributed by atoms with Gasteiger partial charge in [-0.15, -0.1) is 0 Å². The van der Waals surface area contributed by atoms with Gasteiger partial charge in [-0.3, -0.25) is 19.3 Å². The number of rotatable bonds is 5. The Balaban J connectivity index is 1.69. The highest BCUT2D eigenvalue weighted by atomic mass is 16.5. The third-order valence-electron chi connectivity index (χ3n) is 4.05. The predicted molar refractivity (Wildman–Crippen MR) is 90.2 cm³/mol. The number of hydrogen-bond acceptors (Lipinski definition) is 5. The smallest absolute Gasteiger partial charge is 0.271 e. The van der Waals surface area contributed by atoms with Gasteiger partial charge in [0.15, 0.2) is 5.69 Å². The summed E-state index contributed by atoms with van der Waals surface area (Å²) in [7, 11) is 1.58. The van der Waals surface area contributed by atoms with E-state index >= 15 is 0 Å². The Labute approximate surface area is 145 Å². The molecule has 3 rings (SSSR count). The highest BCUT2D eigenvalue weighted by molar-refractivity contribution is 5.94. The molecule has 3 heterocycles. The zero-order chi connectivity index (χ0) is 17.8. The van der Waals surface area contributed by atoms with Gasteiger partial charge in [-0.2, -0.15) is 5.10 Å². The number of methoxy groups -OCH3 is 1. The van der Waals surface area contributed by atoms with Crippen molar-refractivity contribution >= 4 is 11.8 Å². The number of ether oxygens (including phenoxy) is 1. The van der Waals surface area contributed by atoms with Crippen LogP contribution in [0.4, 0.5) is 0 Å². The standard InChI is InChI=1S/C17H21N5O3/c1-12-9-13(3-4-18-12)17(24)21-6-7-22-14(11-21)10-15(20-22)16(23)19-5-8-25-2/h3-4,9-10H,5-8,11H2,1-2H3,(H,19,23). The maximum absolute atomic E-state index is 12.7. The van der Waals surface area contributed by atoms with Crippen LogP contribution in [0.1, 0.15) is 32.2 Å². The minimum atomic E-state index is -0.235. The number of aromatic nitrogens is 3. The first kappa shape index (κ1) is 17.1. The molecular weight excluding hydrogens is 322 g/mol. The SMILES string of the molecule is COCCNC(=O)c1cc2n(n1)CCN(C(=O)c1ccnc(C)c1)C2. The van der Waals surface area contributed by atoms with Crippen molar-refractivity contribution in [1.29, 1.82) is 0 Å². The molecule has 0 saturated heterocycles. The molecule has 132 valence electrons. The Bertz CT molecular complexity index is 786. The van der Waals surface area contributed by atoms with Gasteiger partial charge in [-0.05, 0) is 25.1 Å². The summed E-state index contributed by atoms with van der Waals surface area (Å²) in [6, 6.07) is 5.23. The first-order valence-corrected chi connectivity index (χ1v) is 8.14. The summed E-state index contributed by atoms with van der Waals surface area (Å²) in [5.41, 5.74) is 2.64. The third-order valence-corrected chi connectivity index (χ3v) is 4.05. The molecule has 0 aromatic carbocycles. The molecule has 0 atom stereocenters. The van der Waals surface area contributed by atoms with Crippen molar-refractivity contribution in [3.63, 3.8) is 0 Å². The topological polar surface area (TPSA) is 89.4 Å². The van der Waals surface area contributed by atoms with Crippen molar-refractivity contribution in [2.24, 2.45) is 0 Å². The summed E-state index contributed by atoms with van der Waals surface area (Å²) >= 11 is 0. The average Bonchev–Trinajstić information content (AvgIpc) is 3.04. The summed E-state index contributed by atoms with van der Waals surface area (Å²) in [6.07, 6.45) is 1.64. The summed E-state index contributed by atoms with van der Waals surface area (Å²) < 4.78 is 6.70. The molecule has 8 nitrogen and oxygen atoms in total. The van der Waals surface area contributed by atoms with Crippen molar-refractivity contribution in [3.05, 3.63) is 47.0 Å². The van der Waals surface area contributed by atoms with Crippen molar-refractivity contribution in [2.75, 3.05) is 26.8 Å². The van der Waals surface area contributed by atoms with Crippen LogP contribution in [0.3, 0.4) is 0 Å². The van der Waals surface area contributed by atoms with Crippen molar-refractivity contribution in [3.8, 4) is 0 Å². The lowest BCUT2D eigenvalue weighted by molar-refractivity contribution is 0.0705. The number of carbonyl (C=O) groups excluding carboxylic acids is 2. The summed E-state index contributed by atoms with van der Waals surface area (Å²) in [6.45, 7) is 4.29. The molecule has 0 radical (unpaired) electrons. The highest BCUT2D eigenvalue weighted by Crippen LogP contribution is 2.16. The largest absolute Gasteiger partial charge is 0.383 e. The van der Waals surface area contributed by atoms with Gasteiger partial charge < -0.3 is 15.0 Å². The van der Waals surface area contributed by atoms with Crippen LogP contribution in [0.2, 0.25) is 0 Å². The maximum atomic E-state index is 12.7. The number of nitrogens with one attached hydrogen (secondary N) is 1. The van der Waals surface area contributed by atoms with E-state index in [1.54, 1.807) is 41.1 Å². The number of carbonyl (C=O) groups is 2. The number of hydrogen-bond donors (Lipinski definition) is 1. The number of amides is 2. The zero-order valence-electron chi connectivity index (χ0n) is 14.4. The molecule has 2 aromatic heterocycles. The van der Waals surface area contributed by atoms with Gasteiger partial charge in [-0.25, -0.2) is 0 Å². The van der Waals surface area contributed by atoms with Crippen LogP contribution in [-0.2, 0) is 17.8 Å². The summed E-state index contributed by atoms with van der Waals surface area (Å²) in [5, 5.41) is 7.07. The minimum Gasteiger partial charge on any atom is -0.383 e. The van der Waals surface area contributed by atoms with Gasteiger partial charge in [-0.1, -0.05) is 0 Å². The van der Waals surface area contributed by atoms with E-state index in [2.05, 4.69) is 15.4 Å². The molecule has 0 saturated carbocycles. The molecule has 1 aliphatic rings. The molecular formula is C17H21N5O3. The van der Waals surface area contributed by atoms with E-state index in [0.717, 1.165) is 11.4 Å². The van der Waals surface area contributed by atoms with Crippen LogP contribution >= 0.6 is 0 Å². The maximum Gasteiger partial charge on any atom is 0.271 e. The molecule has 0 aliphatic carbocycles. The highest BCUT2D eigenvalue weighted by Gasteiger charge is 2.24. The van der Waals surface area contributed by atoms with Crippen LogP contribution < -0.4 is 5.32 Å². The summed E-state index contributed by atoms with van der Waals surface area (Å²) in [4.78, 5) is 30.6. The monoisotopic (exact) mass is 343 g/mol. The van der Waals surface area contributed by atoms with E-state index in [1.165, 1.54) is 0 Å². The molecule has 2 amide bonds. The van der Waals surface area contributed by atoms with Crippen LogP contribution in [0.5, 0.6) is 0 Å². The van der Waals surface area contributed by atoms with E-state index < -0.39 is 0 Å². The van der Waals surface area contributed by atoms with Crippen molar-refractivity contribution in [1.82, 2.24) is 25.0 Å². The van der Waals surface area contributed by atoms with Crippen LogP contribution in [0.15, 0.2) is 24.4 Å². The molecule has 1 N–H and O–H groups in total. The van der Waals surface area contributed by atoms with Crippen LogP contribution in [0, 0.1) is 6.92 Å². The van der Waals surface area contributed by atoms with Crippen LogP contribution in [-0.4, -0.2) is 58.3 Å². The Kier molecular flexibility index (Phi) is 5.08. The molecule has 2 aromatic rings. The fraction of sp³-hybridized carbons (Fsp3) is 0.412. The second kappa shape index (κ2) is 7.43. The fourth-order valence-electron chi connectivity index (χ4n) is 2.77. The van der Waals surface area contributed by atoms with Gasteiger partial charge in [0.2, 0.25) is 0 Å². The molecule has 8 heteroatoms. The van der Waals surface area contributed by atoms with Crippen LogP contribution in [0.25, 0.3) is 0 Å². The first-order chi connectivity index (χ1) is 12.1. The lowest BCUT2D eigenvalue weighted by Crippen LogP contribution is -2.38. The third kappa shape index (κ3) is 3.85. The van der Waals surface area contributed by atoms with Gasteiger partial charge >= 0.3 is 0 Å². The van der Waals surface area contributed by atoms with E-state index in [1.807, 2.05) is 6.92 Å². The first-order valence-electron chi connectivity index (χ1n) is 8.14. The van der Waals surface area contributed by atoms with E-state index in [-0.39, 0.29) is 11.8 Å². The number of pyridine rings is 1. The van der Waals surface area contributed by atoms with E-state index in [9.17, 15) is 9.59 Å². The molecule has 0 unspecified atom stereocenters. The Morgan fingerprint density at radius 2 is 2.16 bits per heavy atom. The molecule has 0 spiro atoms. The second-order valence-corrected chi connectivity index (χ2v) is 5.91. The molecule has 0 bridgehead atoms. The number of aryl methyl sites for hydroxylation is 1. The van der Waals surface area contributed by atoms with Gasteiger partial charge in [0, 0.05) is 37.7 Å². The molecule has 0 fully saturated rings. The quantitative estimate of drug-likeness (QED) is 0.804. The fourth-order valence-corrected chi connectivity index (χ4v) is 2.77. The number of fused-ring (bicyclic) bond motifs is 1. The second-order valence-electron chi connectivity index (χ2n) is 5.91. The van der Waals surface area contributed by atoms with Gasteiger partial charge in [0.25, 0.3) is 11.8 Å². The Hall–Kier alpha value is -2.74. The summed E-state index contributed by atoms with van der Waals surface area (Å²) in [5.74, 6) is -0.273. The predicted octanol–water partition coefficient (Wildman–Crippen LogP) is 0.619. The number of nitrogens with zero attached hydrogens (tertiary/aromatic N) is 4. The van der Waals surface area contributed by atoms with E-state index in [0.29, 0.717) is 44.0 Å². The Morgan fingerprint density at radius 3 is 2.92 bits per heavy atom. The molecule has 25 heavy (non-hydrogen) atoms. The average molecular weight is 343 g/mol. The minimum absolute atomic E-state index is 0.0379. The zero-order valence-corrected chi connectivity index (χ0v) is 14.4.